The lowest BCUT2D eigenvalue weighted by molar-refractivity contribution is -0.118. The van der Waals surface area contributed by atoms with Gasteiger partial charge in [0.1, 0.15) is 11.6 Å². The van der Waals surface area contributed by atoms with E-state index in [0.29, 0.717) is 33.8 Å². The number of nitrogens with one attached hydrogen (secondary N) is 2. The Kier molecular flexibility index (Phi) is 8.37. The number of carbonyl (C=O) groups excluding carboxylic acids is 2. The number of amides is 2. The lowest BCUT2D eigenvalue weighted by Crippen LogP contribution is -2.20. The van der Waals surface area contributed by atoms with Crippen LogP contribution in [-0.2, 0) is 9.59 Å². The van der Waals surface area contributed by atoms with E-state index < -0.39 is 5.91 Å². The average Bonchev–Trinajstić information content (AvgIpc) is 3.34. The number of carbonyl (C=O) groups is 2. The molecule has 2 aromatic carbocycles. The van der Waals surface area contributed by atoms with Crippen LogP contribution in [0.4, 0.5) is 10.8 Å². The van der Waals surface area contributed by atoms with Gasteiger partial charge in [-0.2, -0.15) is 5.26 Å². The number of ether oxygens (including phenoxy) is 2. The molecule has 0 spiro atoms. The summed E-state index contributed by atoms with van der Waals surface area (Å²) in [6, 6.07) is 14.3. The standard InChI is InChI=1S/C25H24N4O4S/c1-16(2)18-5-7-20(8-6-18)28-24(31)19(14-26)12-17-4-9-21(22(13-17)32-3)33-15-23(30)29-25-27-10-11-34-25/h4-13,16H,15H2,1-3H3,(H,28,31)(H,27,29,30)/b19-12+. The van der Waals surface area contributed by atoms with Gasteiger partial charge in [-0.1, -0.05) is 32.0 Å². The van der Waals surface area contributed by atoms with Crippen LogP contribution in [0.25, 0.3) is 6.08 Å². The summed E-state index contributed by atoms with van der Waals surface area (Å²) < 4.78 is 10.9. The van der Waals surface area contributed by atoms with Gasteiger partial charge in [0.2, 0.25) is 0 Å². The summed E-state index contributed by atoms with van der Waals surface area (Å²) in [6.45, 7) is 3.95. The Bertz CT molecular complexity index is 1210. The summed E-state index contributed by atoms with van der Waals surface area (Å²) in [7, 11) is 1.46. The molecule has 0 unspecified atom stereocenters. The van der Waals surface area contributed by atoms with Gasteiger partial charge in [-0.15, -0.1) is 11.3 Å². The summed E-state index contributed by atoms with van der Waals surface area (Å²) in [5.41, 5.74) is 2.27. The number of hydrogen-bond acceptors (Lipinski definition) is 7. The fraction of sp³-hybridized carbons (Fsp3) is 0.200. The second-order valence-corrected chi connectivity index (χ2v) is 8.38. The van der Waals surface area contributed by atoms with Crippen molar-refractivity contribution in [1.29, 1.82) is 5.26 Å². The molecule has 0 aliphatic carbocycles. The van der Waals surface area contributed by atoms with E-state index in [1.165, 1.54) is 24.5 Å². The molecule has 0 atom stereocenters. The lowest BCUT2D eigenvalue weighted by Gasteiger charge is -2.11. The molecule has 2 amide bonds. The molecule has 0 aliphatic heterocycles. The van der Waals surface area contributed by atoms with E-state index in [-0.39, 0.29) is 18.1 Å². The van der Waals surface area contributed by atoms with Crippen molar-refractivity contribution in [1.82, 2.24) is 4.98 Å². The van der Waals surface area contributed by atoms with Crippen LogP contribution >= 0.6 is 11.3 Å². The molecule has 3 rings (SSSR count). The Morgan fingerprint density at radius 3 is 2.53 bits per heavy atom. The molecule has 0 radical (unpaired) electrons. The zero-order valence-electron chi connectivity index (χ0n) is 19.0. The van der Waals surface area contributed by atoms with Crippen LogP contribution in [-0.4, -0.2) is 30.5 Å². The number of rotatable bonds is 9. The molecular weight excluding hydrogens is 452 g/mol. The number of nitriles is 1. The number of hydrogen-bond donors (Lipinski definition) is 2. The van der Waals surface area contributed by atoms with Crippen LogP contribution in [0.15, 0.2) is 59.6 Å². The summed E-state index contributed by atoms with van der Waals surface area (Å²) in [6.07, 6.45) is 3.05. The molecule has 0 bridgehead atoms. The Morgan fingerprint density at radius 1 is 1.15 bits per heavy atom. The highest BCUT2D eigenvalue weighted by Crippen LogP contribution is 2.29. The summed E-state index contributed by atoms with van der Waals surface area (Å²) in [4.78, 5) is 28.6. The van der Waals surface area contributed by atoms with Gasteiger partial charge < -0.3 is 14.8 Å². The van der Waals surface area contributed by atoms with E-state index in [2.05, 4.69) is 29.5 Å². The highest BCUT2D eigenvalue weighted by molar-refractivity contribution is 7.13. The highest BCUT2D eigenvalue weighted by Gasteiger charge is 2.13. The SMILES string of the molecule is COc1cc(/C=C(\C#N)C(=O)Nc2ccc(C(C)C)cc2)ccc1OCC(=O)Nc1nccs1. The van der Waals surface area contributed by atoms with E-state index in [0.717, 1.165) is 5.56 Å². The van der Waals surface area contributed by atoms with Gasteiger partial charge in [0.25, 0.3) is 11.8 Å². The minimum Gasteiger partial charge on any atom is -0.493 e. The number of nitrogens with zero attached hydrogens (tertiary/aromatic N) is 2. The summed E-state index contributed by atoms with van der Waals surface area (Å²) >= 11 is 1.31. The third-order valence-corrected chi connectivity index (χ3v) is 5.42. The van der Waals surface area contributed by atoms with Crippen LogP contribution < -0.4 is 20.1 Å². The topological polar surface area (TPSA) is 113 Å². The van der Waals surface area contributed by atoms with Crippen molar-refractivity contribution in [3.8, 4) is 17.6 Å². The van der Waals surface area contributed by atoms with Crippen molar-refractivity contribution in [2.75, 3.05) is 24.4 Å². The van der Waals surface area contributed by atoms with Gasteiger partial charge >= 0.3 is 0 Å². The number of thiazole rings is 1. The molecule has 9 heteroatoms. The zero-order chi connectivity index (χ0) is 24.5. The van der Waals surface area contributed by atoms with E-state index in [1.54, 1.807) is 29.8 Å². The van der Waals surface area contributed by atoms with Gasteiger partial charge in [-0.25, -0.2) is 4.98 Å². The van der Waals surface area contributed by atoms with Gasteiger partial charge in [0, 0.05) is 17.3 Å². The van der Waals surface area contributed by atoms with Gasteiger partial charge in [0.15, 0.2) is 23.2 Å². The van der Waals surface area contributed by atoms with Crippen molar-refractivity contribution in [2.45, 2.75) is 19.8 Å². The number of anilines is 2. The third kappa shape index (κ3) is 6.67. The summed E-state index contributed by atoms with van der Waals surface area (Å²) in [5, 5.41) is 17.1. The van der Waals surface area contributed by atoms with Crippen LogP contribution in [0.1, 0.15) is 30.9 Å². The molecule has 1 aromatic heterocycles. The predicted molar refractivity (Wildman–Crippen MR) is 132 cm³/mol. The maximum atomic E-state index is 12.6. The van der Waals surface area contributed by atoms with E-state index in [1.807, 2.05) is 30.3 Å². The maximum absolute atomic E-state index is 12.6. The fourth-order valence-corrected chi connectivity index (χ4v) is 3.49. The third-order valence-electron chi connectivity index (χ3n) is 4.74. The molecule has 8 nitrogen and oxygen atoms in total. The Labute approximate surface area is 201 Å². The Morgan fingerprint density at radius 2 is 1.91 bits per heavy atom. The minimum atomic E-state index is -0.516. The van der Waals surface area contributed by atoms with Gasteiger partial charge in [0.05, 0.1) is 7.11 Å². The maximum Gasteiger partial charge on any atom is 0.266 e. The molecule has 0 saturated carbocycles. The zero-order valence-corrected chi connectivity index (χ0v) is 19.8. The largest absolute Gasteiger partial charge is 0.493 e. The first-order valence-corrected chi connectivity index (χ1v) is 11.3. The predicted octanol–water partition coefficient (Wildman–Crippen LogP) is 4.84. The fourth-order valence-electron chi connectivity index (χ4n) is 2.94. The Hall–Kier alpha value is -4.16. The molecule has 0 fully saturated rings. The van der Waals surface area contributed by atoms with Crippen molar-refractivity contribution < 1.29 is 19.1 Å². The molecular formula is C25H24N4O4S. The first kappa shape index (κ1) is 24.5. The number of methoxy groups -OCH3 is 1. The summed E-state index contributed by atoms with van der Waals surface area (Å²) in [5.74, 6) is 0.220. The lowest BCUT2D eigenvalue weighted by atomic mass is 10.0. The molecule has 174 valence electrons. The van der Waals surface area contributed by atoms with Crippen LogP contribution in [0.2, 0.25) is 0 Å². The first-order valence-electron chi connectivity index (χ1n) is 10.4. The number of aromatic nitrogens is 1. The quantitative estimate of drug-likeness (QED) is 0.338. The molecule has 1 heterocycles. The molecule has 2 N–H and O–H groups in total. The molecule has 34 heavy (non-hydrogen) atoms. The smallest absolute Gasteiger partial charge is 0.266 e. The van der Waals surface area contributed by atoms with Crippen molar-refractivity contribution in [3.05, 3.63) is 70.7 Å². The second-order valence-electron chi connectivity index (χ2n) is 7.49. The first-order chi connectivity index (χ1) is 16.4. The minimum absolute atomic E-state index is 0.0634. The molecule has 0 aliphatic rings. The van der Waals surface area contributed by atoms with Gasteiger partial charge in [-0.05, 0) is 47.4 Å². The van der Waals surface area contributed by atoms with Gasteiger partial charge in [-0.3, -0.25) is 14.9 Å². The van der Waals surface area contributed by atoms with E-state index >= 15 is 0 Å². The normalized spacial score (nSPS) is 11.0. The highest BCUT2D eigenvalue weighted by atomic mass is 32.1. The molecule has 3 aromatic rings. The van der Waals surface area contributed by atoms with Crippen LogP contribution in [0.3, 0.4) is 0 Å². The van der Waals surface area contributed by atoms with Crippen LogP contribution in [0.5, 0.6) is 11.5 Å². The van der Waals surface area contributed by atoms with Crippen LogP contribution in [0, 0.1) is 11.3 Å². The van der Waals surface area contributed by atoms with E-state index in [9.17, 15) is 14.9 Å². The van der Waals surface area contributed by atoms with E-state index in [4.69, 9.17) is 9.47 Å². The van der Waals surface area contributed by atoms with Crippen molar-refractivity contribution in [3.63, 3.8) is 0 Å². The van der Waals surface area contributed by atoms with Crippen molar-refractivity contribution >= 4 is 40.0 Å². The Balaban J connectivity index is 1.67. The molecule has 0 saturated heterocycles. The van der Waals surface area contributed by atoms with Crippen molar-refractivity contribution in [2.24, 2.45) is 0 Å². The number of benzene rings is 2. The monoisotopic (exact) mass is 476 g/mol. The average molecular weight is 477 g/mol. The second kappa shape index (κ2) is 11.6.